The van der Waals surface area contributed by atoms with Gasteiger partial charge in [-0.3, -0.25) is 9.80 Å². The van der Waals surface area contributed by atoms with Crippen LogP contribution in [0.5, 0.6) is 0 Å². The number of hydrogen-bond donors (Lipinski definition) is 1. The first kappa shape index (κ1) is 10.1. The predicted octanol–water partition coefficient (Wildman–Crippen LogP) is 0.150. The molecule has 3 heteroatoms. The third-order valence-electron chi connectivity index (χ3n) is 3.58. The fraction of sp³-hybridized carbons (Fsp3) is 0.818. The Hall–Kier alpha value is -0.380. The molecule has 80 valence electrons. The summed E-state index contributed by atoms with van der Waals surface area (Å²) in [6, 6.07) is 1.27. The Morgan fingerprint density at radius 2 is 2.14 bits per heavy atom. The molecule has 2 atom stereocenters. The van der Waals surface area contributed by atoms with Crippen LogP contribution in [0.4, 0.5) is 0 Å². The van der Waals surface area contributed by atoms with Gasteiger partial charge in [0.2, 0.25) is 0 Å². The minimum Gasteiger partial charge on any atom is -0.315 e. The van der Waals surface area contributed by atoms with E-state index in [9.17, 15) is 0 Å². The third kappa shape index (κ3) is 1.85. The molecular formula is C11H21N3. The van der Waals surface area contributed by atoms with E-state index in [1.807, 2.05) is 6.08 Å². The lowest BCUT2D eigenvalue weighted by atomic mass is 9.98. The molecule has 0 aliphatic carbocycles. The first-order valence-electron chi connectivity index (χ1n) is 5.59. The lowest BCUT2D eigenvalue weighted by molar-refractivity contribution is -0.00162. The van der Waals surface area contributed by atoms with Gasteiger partial charge in [-0.05, 0) is 13.5 Å². The van der Waals surface area contributed by atoms with Crippen LogP contribution in [0.3, 0.4) is 0 Å². The molecule has 0 saturated carbocycles. The van der Waals surface area contributed by atoms with Gasteiger partial charge < -0.3 is 5.32 Å². The van der Waals surface area contributed by atoms with Crippen molar-refractivity contribution < 1.29 is 0 Å². The molecule has 0 radical (unpaired) electrons. The minimum absolute atomic E-state index is 0.579. The van der Waals surface area contributed by atoms with E-state index in [0.717, 1.165) is 6.42 Å². The van der Waals surface area contributed by atoms with Gasteiger partial charge in [-0.1, -0.05) is 6.08 Å². The summed E-state index contributed by atoms with van der Waals surface area (Å²) in [7, 11) is 2.06. The van der Waals surface area contributed by atoms with Gasteiger partial charge in [0.1, 0.15) is 0 Å². The molecule has 3 aliphatic rings. The molecule has 3 saturated heterocycles. The number of nitrogens with one attached hydrogen (secondary N) is 1. The summed E-state index contributed by atoms with van der Waals surface area (Å²) in [4.78, 5) is 5.21. The van der Waals surface area contributed by atoms with Crippen LogP contribution in [-0.4, -0.2) is 61.7 Å². The summed E-state index contributed by atoms with van der Waals surface area (Å²) in [5.74, 6) is 0. The number of likely N-dealkylation sites (N-methyl/N-ethyl adjacent to an activating group) is 1. The molecule has 2 bridgehead atoms. The van der Waals surface area contributed by atoms with Crippen molar-refractivity contribution in [1.82, 2.24) is 15.1 Å². The topological polar surface area (TPSA) is 18.5 Å². The van der Waals surface area contributed by atoms with Crippen molar-refractivity contribution in [2.75, 3.05) is 39.8 Å². The quantitative estimate of drug-likeness (QED) is 0.644. The average Bonchev–Trinajstić information content (AvgIpc) is 2.27. The maximum absolute atomic E-state index is 3.83. The molecule has 0 aromatic rings. The highest BCUT2D eigenvalue weighted by atomic mass is 15.4. The fourth-order valence-corrected chi connectivity index (χ4v) is 2.69. The zero-order valence-corrected chi connectivity index (χ0v) is 9.08. The van der Waals surface area contributed by atoms with Gasteiger partial charge in [-0.25, -0.2) is 0 Å². The fourth-order valence-electron chi connectivity index (χ4n) is 2.69. The van der Waals surface area contributed by atoms with Crippen molar-refractivity contribution in [3.63, 3.8) is 0 Å². The molecule has 0 spiro atoms. The molecule has 0 aromatic carbocycles. The molecule has 3 rings (SSSR count). The zero-order valence-electron chi connectivity index (χ0n) is 9.08. The zero-order chi connectivity index (χ0) is 9.97. The Morgan fingerprint density at radius 3 is 2.57 bits per heavy atom. The van der Waals surface area contributed by atoms with Crippen molar-refractivity contribution in [1.29, 1.82) is 0 Å². The second kappa shape index (κ2) is 4.43. The van der Waals surface area contributed by atoms with Crippen molar-refractivity contribution in [3.05, 3.63) is 12.7 Å². The molecular weight excluding hydrogens is 174 g/mol. The van der Waals surface area contributed by atoms with E-state index in [2.05, 4.69) is 28.7 Å². The Balaban J connectivity index is 1.98. The summed E-state index contributed by atoms with van der Waals surface area (Å²) in [6.45, 7) is 10.1. The van der Waals surface area contributed by atoms with Crippen molar-refractivity contribution >= 4 is 0 Å². The highest BCUT2D eigenvalue weighted by Gasteiger charge is 2.35. The molecule has 0 aromatic heterocycles. The highest BCUT2D eigenvalue weighted by Crippen LogP contribution is 2.19. The van der Waals surface area contributed by atoms with Crippen molar-refractivity contribution in [3.8, 4) is 0 Å². The second-order valence-electron chi connectivity index (χ2n) is 4.32. The van der Waals surface area contributed by atoms with E-state index in [4.69, 9.17) is 0 Å². The lowest BCUT2D eigenvalue weighted by Gasteiger charge is -2.50. The Kier molecular flexibility index (Phi) is 3.21. The van der Waals surface area contributed by atoms with Gasteiger partial charge in [-0.15, -0.1) is 6.58 Å². The molecule has 3 heterocycles. The number of hydrogen-bond acceptors (Lipinski definition) is 3. The number of piperazine rings is 3. The second-order valence-corrected chi connectivity index (χ2v) is 4.32. The lowest BCUT2D eigenvalue weighted by Crippen LogP contribution is -2.66. The Morgan fingerprint density at radius 1 is 1.43 bits per heavy atom. The van der Waals surface area contributed by atoms with Crippen LogP contribution in [0, 0.1) is 0 Å². The largest absolute Gasteiger partial charge is 0.315 e. The van der Waals surface area contributed by atoms with Crippen LogP contribution in [-0.2, 0) is 0 Å². The van der Waals surface area contributed by atoms with Gasteiger partial charge in [-0.2, -0.15) is 0 Å². The van der Waals surface area contributed by atoms with Crippen LogP contribution < -0.4 is 5.32 Å². The van der Waals surface area contributed by atoms with E-state index in [1.165, 1.54) is 32.7 Å². The highest BCUT2D eigenvalue weighted by molar-refractivity contribution is 4.96. The molecule has 2 unspecified atom stereocenters. The molecule has 3 nitrogen and oxygen atoms in total. The van der Waals surface area contributed by atoms with Gasteiger partial charge in [0.05, 0.1) is 0 Å². The molecule has 3 aliphatic heterocycles. The van der Waals surface area contributed by atoms with E-state index in [0.29, 0.717) is 12.1 Å². The number of nitrogens with zero attached hydrogens (tertiary/aromatic N) is 2. The SMILES string of the molecule is C=CCC(NC)C1CN2CCN1CC2. The average molecular weight is 195 g/mol. The maximum atomic E-state index is 3.83. The van der Waals surface area contributed by atoms with Gasteiger partial charge in [0, 0.05) is 44.8 Å². The Labute approximate surface area is 86.8 Å². The smallest absolute Gasteiger partial charge is 0.0380 e. The van der Waals surface area contributed by atoms with Crippen LogP contribution in [0.15, 0.2) is 12.7 Å². The van der Waals surface area contributed by atoms with E-state index in [1.54, 1.807) is 0 Å². The molecule has 0 amide bonds. The molecule has 14 heavy (non-hydrogen) atoms. The first-order chi connectivity index (χ1) is 6.85. The van der Waals surface area contributed by atoms with Crippen molar-refractivity contribution in [2.45, 2.75) is 18.5 Å². The molecule has 3 fully saturated rings. The van der Waals surface area contributed by atoms with Crippen LogP contribution in [0.25, 0.3) is 0 Å². The number of fused-ring (bicyclic) bond motifs is 3. The monoisotopic (exact) mass is 195 g/mol. The summed E-state index contributed by atoms with van der Waals surface area (Å²) >= 11 is 0. The summed E-state index contributed by atoms with van der Waals surface area (Å²) in [5.41, 5.74) is 0. The van der Waals surface area contributed by atoms with Crippen LogP contribution in [0.2, 0.25) is 0 Å². The van der Waals surface area contributed by atoms with Crippen molar-refractivity contribution in [2.24, 2.45) is 0 Å². The maximum Gasteiger partial charge on any atom is 0.0380 e. The van der Waals surface area contributed by atoms with E-state index >= 15 is 0 Å². The third-order valence-corrected chi connectivity index (χ3v) is 3.58. The number of rotatable bonds is 4. The van der Waals surface area contributed by atoms with Crippen LogP contribution >= 0.6 is 0 Å². The van der Waals surface area contributed by atoms with E-state index < -0.39 is 0 Å². The normalized spacial score (nSPS) is 38.2. The predicted molar refractivity (Wildman–Crippen MR) is 59.5 cm³/mol. The Bertz CT molecular complexity index is 197. The first-order valence-corrected chi connectivity index (χ1v) is 5.59. The minimum atomic E-state index is 0.579. The van der Waals surface area contributed by atoms with Crippen LogP contribution in [0.1, 0.15) is 6.42 Å². The van der Waals surface area contributed by atoms with Gasteiger partial charge in [0.15, 0.2) is 0 Å². The van der Waals surface area contributed by atoms with Gasteiger partial charge in [0.25, 0.3) is 0 Å². The molecule has 1 N–H and O–H groups in total. The summed E-state index contributed by atoms with van der Waals surface area (Å²) in [6.07, 6.45) is 3.10. The van der Waals surface area contributed by atoms with Gasteiger partial charge >= 0.3 is 0 Å². The summed E-state index contributed by atoms with van der Waals surface area (Å²) in [5, 5.41) is 3.42. The summed E-state index contributed by atoms with van der Waals surface area (Å²) < 4.78 is 0. The van der Waals surface area contributed by atoms with E-state index in [-0.39, 0.29) is 0 Å². The standard InChI is InChI=1S/C11H21N3/c1-3-4-10(12-2)11-9-13-5-7-14(11)8-6-13/h3,10-12H,1,4-9H2,2H3.